The number of carbonyl (C=O) groups excluding carboxylic acids is 1. The number of benzene rings is 2. The maximum Gasteiger partial charge on any atom is 0.265 e. The van der Waals surface area contributed by atoms with Gasteiger partial charge in [-0.3, -0.25) is 4.79 Å². The first-order valence-corrected chi connectivity index (χ1v) is 7.00. The van der Waals surface area contributed by atoms with Crippen LogP contribution in [0.5, 0.6) is 0 Å². The quantitative estimate of drug-likeness (QED) is 0.374. The zero-order valence-electron chi connectivity index (χ0n) is 10.2. The van der Waals surface area contributed by atoms with Crippen molar-refractivity contribution in [2.24, 2.45) is 4.52 Å². The van der Waals surface area contributed by atoms with Gasteiger partial charge in [-0.05, 0) is 17.7 Å². The highest BCUT2D eigenvalue weighted by molar-refractivity contribution is 7.90. The molecule has 0 radical (unpaired) electrons. The van der Waals surface area contributed by atoms with Gasteiger partial charge in [-0.2, -0.15) is 0 Å². The fourth-order valence-electron chi connectivity index (χ4n) is 1.72. The summed E-state index contributed by atoms with van der Waals surface area (Å²) >= 11 is 0. The summed E-state index contributed by atoms with van der Waals surface area (Å²) in [6, 6.07) is 13.9. The molecule has 7 heteroatoms. The molecule has 0 atom stereocenters. The van der Waals surface area contributed by atoms with Crippen molar-refractivity contribution in [3.63, 3.8) is 0 Å². The normalized spacial score (nSPS) is 10.6. The molecule has 0 bridgehead atoms. The molecule has 20 heavy (non-hydrogen) atoms. The third-order valence-corrected chi connectivity index (χ3v) is 3.79. The number of ketones is 1. The molecule has 0 aromatic heterocycles. The average Bonchev–Trinajstić information content (AvgIpc) is 2.47. The molecule has 0 aliphatic heterocycles. The minimum Gasteiger partial charge on any atom is -0.289 e. The van der Waals surface area contributed by atoms with Crippen molar-refractivity contribution in [3.05, 3.63) is 76.2 Å². The van der Waals surface area contributed by atoms with Crippen LogP contribution in [0.4, 0.5) is 0 Å². The van der Waals surface area contributed by atoms with E-state index in [0.29, 0.717) is 5.56 Å². The molecule has 6 nitrogen and oxygen atoms in total. The Bertz CT molecular complexity index is 795. The third-order valence-electron chi connectivity index (χ3n) is 2.59. The zero-order valence-corrected chi connectivity index (χ0v) is 11.0. The summed E-state index contributed by atoms with van der Waals surface area (Å²) in [6.07, 6.45) is 0. The molecule has 2 aromatic rings. The van der Waals surface area contributed by atoms with Gasteiger partial charge in [0.05, 0.1) is 4.90 Å². The van der Waals surface area contributed by atoms with E-state index in [1.807, 2.05) is 0 Å². The van der Waals surface area contributed by atoms with Crippen LogP contribution in [0.2, 0.25) is 0 Å². The summed E-state index contributed by atoms with van der Waals surface area (Å²) in [5.74, 6) is -0.446. The number of hydrogen-bond donors (Lipinski definition) is 0. The first-order chi connectivity index (χ1) is 9.56. The van der Waals surface area contributed by atoms with Gasteiger partial charge in [-0.1, -0.05) is 42.5 Å². The van der Waals surface area contributed by atoms with Crippen LogP contribution in [0.15, 0.2) is 64.0 Å². The minimum absolute atomic E-state index is 0.0221. The van der Waals surface area contributed by atoms with Gasteiger partial charge in [0, 0.05) is 20.6 Å². The van der Waals surface area contributed by atoms with Gasteiger partial charge in [0.15, 0.2) is 5.78 Å². The molecule has 0 saturated heterocycles. The maximum absolute atomic E-state index is 12.3. The molecule has 2 aromatic carbocycles. The standard InChI is InChI=1S/C13H9N3O3S/c14-15-16-20(18,19)12-9-5-4-8-11(12)13(17)10-6-2-1-3-7-10/h1-9H. The lowest BCUT2D eigenvalue weighted by Crippen LogP contribution is -2.08. The largest absolute Gasteiger partial charge is 0.289 e. The van der Waals surface area contributed by atoms with Crippen LogP contribution in [0.1, 0.15) is 15.9 Å². The van der Waals surface area contributed by atoms with Crippen LogP contribution in [-0.2, 0) is 10.0 Å². The second-order valence-corrected chi connectivity index (χ2v) is 5.39. The second-order valence-electron chi connectivity index (χ2n) is 3.84. The van der Waals surface area contributed by atoms with E-state index in [2.05, 4.69) is 9.43 Å². The highest BCUT2D eigenvalue weighted by atomic mass is 32.2. The Morgan fingerprint density at radius 3 is 2.25 bits per heavy atom. The van der Waals surface area contributed by atoms with E-state index in [1.165, 1.54) is 18.2 Å². The van der Waals surface area contributed by atoms with Crippen molar-refractivity contribution in [3.8, 4) is 0 Å². The lowest BCUT2D eigenvalue weighted by Gasteiger charge is -2.06. The molecular weight excluding hydrogens is 278 g/mol. The van der Waals surface area contributed by atoms with Gasteiger partial charge >= 0.3 is 0 Å². The fraction of sp³-hybridized carbons (Fsp3) is 0. The molecular formula is C13H9N3O3S. The SMILES string of the molecule is [N-]=[N+]=NS(=O)(=O)c1ccccc1C(=O)c1ccccc1. The molecule has 0 aliphatic rings. The highest BCUT2D eigenvalue weighted by Gasteiger charge is 2.21. The van der Waals surface area contributed by atoms with Crippen LogP contribution in [0.25, 0.3) is 10.4 Å². The van der Waals surface area contributed by atoms with Crippen molar-refractivity contribution in [2.75, 3.05) is 0 Å². The molecule has 100 valence electrons. The monoisotopic (exact) mass is 287 g/mol. The maximum atomic E-state index is 12.3. The van der Waals surface area contributed by atoms with E-state index in [0.717, 1.165) is 0 Å². The van der Waals surface area contributed by atoms with E-state index in [4.69, 9.17) is 5.53 Å². The zero-order chi connectivity index (χ0) is 14.6. The van der Waals surface area contributed by atoms with Crippen LogP contribution in [-0.4, -0.2) is 14.2 Å². The number of azide groups is 1. The Morgan fingerprint density at radius 1 is 1.00 bits per heavy atom. The van der Waals surface area contributed by atoms with Crippen LogP contribution >= 0.6 is 0 Å². The van der Waals surface area contributed by atoms with Gasteiger partial charge < -0.3 is 0 Å². The predicted octanol–water partition coefficient (Wildman–Crippen LogP) is 2.92. The summed E-state index contributed by atoms with van der Waals surface area (Å²) in [5.41, 5.74) is 8.64. The molecule has 0 aliphatic carbocycles. The first kappa shape index (κ1) is 13.8. The summed E-state index contributed by atoms with van der Waals surface area (Å²) < 4.78 is 26.4. The number of hydrogen-bond acceptors (Lipinski definition) is 3. The van der Waals surface area contributed by atoms with E-state index >= 15 is 0 Å². The summed E-state index contributed by atoms with van der Waals surface area (Å²) in [7, 11) is -4.21. The van der Waals surface area contributed by atoms with Gasteiger partial charge in [0.25, 0.3) is 10.0 Å². The minimum atomic E-state index is -4.21. The van der Waals surface area contributed by atoms with Gasteiger partial charge in [-0.15, -0.1) is 0 Å². The Kier molecular flexibility index (Phi) is 3.84. The van der Waals surface area contributed by atoms with E-state index in [-0.39, 0.29) is 10.5 Å². The predicted molar refractivity (Wildman–Crippen MR) is 72.6 cm³/mol. The Labute approximate surface area is 115 Å². The van der Waals surface area contributed by atoms with E-state index < -0.39 is 15.8 Å². The molecule has 0 fully saturated rings. The van der Waals surface area contributed by atoms with Crippen LogP contribution < -0.4 is 0 Å². The topological polar surface area (TPSA) is 100.0 Å². The van der Waals surface area contributed by atoms with Gasteiger partial charge in [0.1, 0.15) is 0 Å². The average molecular weight is 287 g/mol. The van der Waals surface area contributed by atoms with Crippen molar-refractivity contribution in [1.82, 2.24) is 0 Å². The van der Waals surface area contributed by atoms with Crippen molar-refractivity contribution >= 4 is 15.8 Å². The highest BCUT2D eigenvalue weighted by Crippen LogP contribution is 2.21. The van der Waals surface area contributed by atoms with E-state index in [9.17, 15) is 13.2 Å². The molecule has 0 heterocycles. The van der Waals surface area contributed by atoms with Gasteiger partial charge in [-0.25, -0.2) is 8.42 Å². The Balaban J connectivity index is 2.60. The van der Waals surface area contributed by atoms with Crippen molar-refractivity contribution in [1.29, 1.82) is 0 Å². The fourth-order valence-corrected chi connectivity index (χ4v) is 2.59. The molecule has 0 N–H and O–H groups in total. The number of sulfonamides is 1. The first-order valence-electron chi connectivity index (χ1n) is 5.56. The number of nitrogens with zero attached hydrogens (tertiary/aromatic N) is 3. The molecule has 2 rings (SSSR count). The molecule has 0 unspecified atom stereocenters. The lowest BCUT2D eigenvalue weighted by molar-refractivity contribution is 0.103. The Hall–Kier alpha value is -2.63. The summed E-state index contributed by atoms with van der Waals surface area (Å²) in [5, 5.41) is 0. The van der Waals surface area contributed by atoms with Crippen molar-refractivity contribution in [2.45, 2.75) is 4.90 Å². The van der Waals surface area contributed by atoms with Crippen LogP contribution in [0, 0.1) is 0 Å². The smallest absolute Gasteiger partial charge is 0.265 e. The molecule has 0 amide bonds. The lowest BCUT2D eigenvalue weighted by atomic mass is 10.0. The summed E-state index contributed by atoms with van der Waals surface area (Å²) in [6.45, 7) is 0. The summed E-state index contributed by atoms with van der Waals surface area (Å²) in [4.78, 5) is 14.3. The third kappa shape index (κ3) is 2.69. The second kappa shape index (κ2) is 5.56. The van der Waals surface area contributed by atoms with Gasteiger partial charge in [0.2, 0.25) is 0 Å². The Morgan fingerprint density at radius 2 is 1.60 bits per heavy atom. The molecule has 0 spiro atoms. The van der Waals surface area contributed by atoms with Crippen molar-refractivity contribution < 1.29 is 13.2 Å². The number of carbonyl (C=O) groups is 1. The van der Waals surface area contributed by atoms with Crippen LogP contribution in [0.3, 0.4) is 0 Å². The van der Waals surface area contributed by atoms with E-state index in [1.54, 1.807) is 36.4 Å². The number of rotatable bonds is 4. The molecule has 0 saturated carbocycles.